The van der Waals surface area contributed by atoms with Crippen LogP contribution in [-0.4, -0.2) is 36.2 Å². The second-order valence-corrected chi connectivity index (χ2v) is 5.46. The van der Waals surface area contributed by atoms with E-state index in [0.717, 1.165) is 37.1 Å². The van der Waals surface area contributed by atoms with Gasteiger partial charge in [0.15, 0.2) is 0 Å². The molecule has 2 aliphatic carbocycles. The molecule has 2 fully saturated rings. The quantitative estimate of drug-likeness (QED) is 0.781. The Morgan fingerprint density at radius 1 is 1.41 bits per heavy atom. The van der Waals surface area contributed by atoms with Crippen molar-refractivity contribution < 1.29 is 4.52 Å². The maximum absolute atomic E-state index is 5.35. The van der Waals surface area contributed by atoms with Gasteiger partial charge in [0.05, 0.1) is 5.69 Å². The minimum atomic E-state index is 0.665. The van der Waals surface area contributed by atoms with E-state index < -0.39 is 0 Å². The minimum Gasteiger partial charge on any atom is -0.361 e. The average molecular weight is 235 g/mol. The Hall–Kier alpha value is -0.870. The van der Waals surface area contributed by atoms with Gasteiger partial charge in [-0.2, -0.15) is 0 Å². The highest BCUT2D eigenvalue weighted by Gasteiger charge is 2.27. The van der Waals surface area contributed by atoms with Crippen molar-refractivity contribution in [2.75, 3.05) is 20.1 Å². The van der Waals surface area contributed by atoms with Gasteiger partial charge in [0, 0.05) is 37.7 Å². The highest BCUT2D eigenvalue weighted by molar-refractivity contribution is 5.14. The lowest BCUT2D eigenvalue weighted by atomic mass is 10.3. The van der Waals surface area contributed by atoms with Crippen LogP contribution in [-0.2, 0) is 6.54 Å². The van der Waals surface area contributed by atoms with Gasteiger partial charge in [0.25, 0.3) is 0 Å². The molecule has 2 saturated carbocycles. The maximum Gasteiger partial charge on any atom is 0.140 e. The van der Waals surface area contributed by atoms with E-state index in [2.05, 4.69) is 28.5 Å². The number of aromatic nitrogens is 1. The average Bonchev–Trinajstić information content (AvgIpc) is 3.20. The van der Waals surface area contributed by atoms with E-state index >= 15 is 0 Å². The van der Waals surface area contributed by atoms with Gasteiger partial charge in [-0.15, -0.1) is 0 Å². The summed E-state index contributed by atoms with van der Waals surface area (Å²) in [6.45, 7) is 3.04. The molecular formula is C13H21N3O. The number of nitrogens with zero attached hydrogens (tertiary/aromatic N) is 2. The summed E-state index contributed by atoms with van der Waals surface area (Å²) in [5, 5.41) is 7.66. The molecule has 1 aromatic heterocycles. The van der Waals surface area contributed by atoms with Crippen LogP contribution in [0.25, 0.3) is 0 Å². The zero-order valence-electron chi connectivity index (χ0n) is 10.5. The van der Waals surface area contributed by atoms with E-state index in [9.17, 15) is 0 Å². The van der Waals surface area contributed by atoms with Crippen LogP contribution in [0, 0.1) is 0 Å². The van der Waals surface area contributed by atoms with Crippen molar-refractivity contribution in [3.8, 4) is 0 Å². The van der Waals surface area contributed by atoms with E-state index in [-0.39, 0.29) is 0 Å². The van der Waals surface area contributed by atoms with Crippen molar-refractivity contribution in [2.45, 2.75) is 44.2 Å². The topological polar surface area (TPSA) is 41.3 Å². The van der Waals surface area contributed by atoms with E-state index in [0.29, 0.717) is 5.92 Å². The molecule has 4 heteroatoms. The molecule has 1 N–H and O–H groups in total. The molecule has 0 spiro atoms. The van der Waals surface area contributed by atoms with Gasteiger partial charge in [-0.05, 0) is 32.7 Å². The molecule has 0 aliphatic heterocycles. The first-order valence-corrected chi connectivity index (χ1v) is 6.68. The monoisotopic (exact) mass is 235 g/mol. The minimum absolute atomic E-state index is 0.665. The predicted molar refractivity (Wildman–Crippen MR) is 65.8 cm³/mol. The summed E-state index contributed by atoms with van der Waals surface area (Å²) >= 11 is 0. The molecule has 0 bridgehead atoms. The SMILES string of the molecule is CN(CCNC1CC1)Cc1cc(C2CC2)on1. The van der Waals surface area contributed by atoms with Crippen LogP contribution in [0.1, 0.15) is 43.1 Å². The Morgan fingerprint density at radius 3 is 2.94 bits per heavy atom. The van der Waals surface area contributed by atoms with Crippen LogP contribution in [0.2, 0.25) is 0 Å². The van der Waals surface area contributed by atoms with Gasteiger partial charge in [-0.3, -0.25) is 4.90 Å². The van der Waals surface area contributed by atoms with Crippen molar-refractivity contribution in [2.24, 2.45) is 0 Å². The fourth-order valence-electron chi connectivity index (χ4n) is 2.07. The molecule has 0 atom stereocenters. The number of rotatable bonds is 7. The molecule has 1 heterocycles. The first-order chi connectivity index (χ1) is 8.31. The number of likely N-dealkylation sites (N-methyl/N-ethyl adjacent to an activating group) is 1. The van der Waals surface area contributed by atoms with Crippen molar-refractivity contribution in [3.63, 3.8) is 0 Å². The lowest BCUT2D eigenvalue weighted by molar-refractivity contribution is 0.306. The highest BCUT2D eigenvalue weighted by atomic mass is 16.5. The van der Waals surface area contributed by atoms with Gasteiger partial charge in [0.1, 0.15) is 5.76 Å². The summed E-state index contributed by atoms with van der Waals surface area (Å²) in [6.07, 6.45) is 5.26. The number of nitrogens with one attached hydrogen (secondary N) is 1. The third-order valence-electron chi connectivity index (χ3n) is 3.49. The molecule has 0 radical (unpaired) electrons. The molecule has 0 amide bonds. The highest BCUT2D eigenvalue weighted by Crippen LogP contribution is 2.40. The van der Waals surface area contributed by atoms with Crippen molar-refractivity contribution in [1.82, 2.24) is 15.4 Å². The second-order valence-electron chi connectivity index (χ2n) is 5.46. The second kappa shape index (κ2) is 4.78. The van der Waals surface area contributed by atoms with E-state index in [1.54, 1.807) is 0 Å². The molecule has 0 unspecified atom stereocenters. The first-order valence-electron chi connectivity index (χ1n) is 6.68. The molecule has 4 nitrogen and oxygen atoms in total. The lowest BCUT2D eigenvalue weighted by Crippen LogP contribution is -2.30. The zero-order valence-corrected chi connectivity index (χ0v) is 10.5. The van der Waals surface area contributed by atoms with Crippen LogP contribution in [0.5, 0.6) is 0 Å². The van der Waals surface area contributed by atoms with Crippen LogP contribution in [0.3, 0.4) is 0 Å². The maximum atomic E-state index is 5.35. The smallest absolute Gasteiger partial charge is 0.140 e. The Kier molecular flexibility index (Phi) is 3.16. The van der Waals surface area contributed by atoms with E-state index in [4.69, 9.17) is 4.52 Å². The van der Waals surface area contributed by atoms with E-state index in [1.165, 1.54) is 25.7 Å². The summed E-state index contributed by atoms with van der Waals surface area (Å²) in [5.41, 5.74) is 1.07. The van der Waals surface area contributed by atoms with Gasteiger partial charge in [0.2, 0.25) is 0 Å². The Bertz CT molecular complexity index is 368. The summed E-state index contributed by atoms with van der Waals surface area (Å²) in [7, 11) is 2.14. The van der Waals surface area contributed by atoms with Crippen LogP contribution in [0.15, 0.2) is 10.6 Å². The molecule has 3 rings (SSSR count). The van der Waals surface area contributed by atoms with Gasteiger partial charge >= 0.3 is 0 Å². The lowest BCUT2D eigenvalue weighted by Gasteiger charge is -2.14. The third kappa shape index (κ3) is 3.30. The normalized spacial score (nSPS) is 20.1. The van der Waals surface area contributed by atoms with Gasteiger partial charge < -0.3 is 9.84 Å². The number of hydrogen-bond donors (Lipinski definition) is 1. The van der Waals surface area contributed by atoms with E-state index in [1.807, 2.05) is 0 Å². The molecule has 17 heavy (non-hydrogen) atoms. The molecule has 94 valence electrons. The van der Waals surface area contributed by atoms with Crippen molar-refractivity contribution in [1.29, 1.82) is 0 Å². The summed E-state index contributed by atoms with van der Waals surface area (Å²) in [5.74, 6) is 1.75. The predicted octanol–water partition coefficient (Wildman–Crippen LogP) is 1.74. The van der Waals surface area contributed by atoms with Gasteiger partial charge in [-0.25, -0.2) is 0 Å². The summed E-state index contributed by atoms with van der Waals surface area (Å²) < 4.78 is 5.35. The Labute approximate surface area is 102 Å². The fraction of sp³-hybridized carbons (Fsp3) is 0.769. The largest absolute Gasteiger partial charge is 0.361 e. The molecule has 0 saturated heterocycles. The molecular weight excluding hydrogens is 214 g/mol. The third-order valence-corrected chi connectivity index (χ3v) is 3.49. The molecule has 1 aromatic rings. The van der Waals surface area contributed by atoms with Crippen molar-refractivity contribution >= 4 is 0 Å². The fourth-order valence-corrected chi connectivity index (χ4v) is 2.07. The Balaban J connectivity index is 1.40. The van der Waals surface area contributed by atoms with Crippen LogP contribution < -0.4 is 5.32 Å². The zero-order chi connectivity index (χ0) is 11.7. The van der Waals surface area contributed by atoms with Gasteiger partial charge in [-0.1, -0.05) is 5.16 Å². The van der Waals surface area contributed by atoms with Crippen LogP contribution >= 0.6 is 0 Å². The van der Waals surface area contributed by atoms with Crippen LogP contribution in [0.4, 0.5) is 0 Å². The summed E-state index contributed by atoms with van der Waals surface area (Å²) in [4.78, 5) is 2.30. The van der Waals surface area contributed by atoms with Crippen molar-refractivity contribution in [3.05, 3.63) is 17.5 Å². The number of hydrogen-bond acceptors (Lipinski definition) is 4. The molecule has 2 aliphatic rings. The molecule has 0 aromatic carbocycles. The Morgan fingerprint density at radius 2 is 2.24 bits per heavy atom. The summed E-state index contributed by atoms with van der Waals surface area (Å²) in [6, 6.07) is 2.93. The first kappa shape index (κ1) is 11.2. The standard InChI is InChI=1S/C13H21N3O/c1-16(7-6-14-11-4-5-11)9-12-8-13(17-15-12)10-2-3-10/h8,10-11,14H,2-7,9H2,1H3.